The Bertz CT molecular complexity index is 678. The summed E-state index contributed by atoms with van der Waals surface area (Å²) >= 11 is 13.9. The molecule has 2 aromatic rings. The van der Waals surface area contributed by atoms with E-state index in [1.165, 1.54) is 16.0 Å². The van der Waals surface area contributed by atoms with E-state index in [-0.39, 0.29) is 0 Å². The largest absolute Gasteiger partial charge is 0.305 e. The Morgan fingerprint density at radius 1 is 1.09 bits per heavy atom. The maximum absolute atomic E-state index is 6.21. The van der Waals surface area contributed by atoms with Crippen LogP contribution in [0.2, 0.25) is 10.0 Å². The molecule has 4 heteroatoms. The molecular weight excluding hydrogens is 345 g/mol. The lowest BCUT2D eigenvalue weighted by atomic mass is 10.1. The van der Waals surface area contributed by atoms with Crippen LogP contribution >= 0.6 is 35.0 Å². The maximum atomic E-state index is 6.21. The molecule has 0 aromatic heterocycles. The number of nitrogens with zero attached hydrogens (tertiary/aromatic N) is 1. The van der Waals surface area contributed by atoms with E-state index in [0.29, 0.717) is 5.02 Å². The molecule has 0 bridgehead atoms. The predicted molar refractivity (Wildman–Crippen MR) is 105 cm³/mol. The molecule has 0 saturated heterocycles. The standard InChI is InChI=1S/C19H21Cl2NS/c1-14(12-22(2)3)10-15-4-8-18(9-5-15)23-13-16-6-7-17(20)11-19(16)21/h4-11H,12-13H2,1-3H3. The lowest BCUT2D eigenvalue weighted by Crippen LogP contribution is -2.13. The number of benzene rings is 2. The molecule has 0 aliphatic rings. The average Bonchev–Trinajstić information content (AvgIpc) is 2.47. The SMILES string of the molecule is CC(=Cc1ccc(SCc2ccc(Cl)cc2Cl)cc1)CN(C)C. The molecule has 0 aliphatic heterocycles. The molecule has 0 atom stereocenters. The zero-order valence-corrected chi connectivity index (χ0v) is 16.0. The molecule has 122 valence electrons. The summed E-state index contributed by atoms with van der Waals surface area (Å²) in [6.45, 7) is 3.14. The van der Waals surface area contributed by atoms with E-state index in [1.807, 2.05) is 12.1 Å². The summed E-state index contributed by atoms with van der Waals surface area (Å²) in [7, 11) is 4.16. The number of thioether (sulfide) groups is 1. The Kier molecular flexibility index (Phi) is 7.04. The second kappa shape index (κ2) is 8.79. The van der Waals surface area contributed by atoms with Crippen LogP contribution in [-0.2, 0) is 5.75 Å². The number of halogens is 2. The van der Waals surface area contributed by atoms with Crippen molar-refractivity contribution in [3.8, 4) is 0 Å². The highest BCUT2D eigenvalue weighted by Gasteiger charge is 2.03. The fourth-order valence-corrected chi connectivity index (χ4v) is 3.75. The Labute approximate surface area is 153 Å². The molecule has 0 fully saturated rings. The Balaban J connectivity index is 1.97. The van der Waals surface area contributed by atoms with Gasteiger partial charge in [0.15, 0.2) is 0 Å². The third-order valence-corrected chi connectivity index (χ3v) is 4.92. The van der Waals surface area contributed by atoms with Gasteiger partial charge in [-0.05, 0) is 56.4 Å². The van der Waals surface area contributed by atoms with Gasteiger partial charge in [0.05, 0.1) is 0 Å². The predicted octanol–water partition coefficient (Wildman–Crippen LogP) is 6.25. The normalized spacial score (nSPS) is 12.0. The van der Waals surface area contributed by atoms with Crippen molar-refractivity contribution in [3.63, 3.8) is 0 Å². The third kappa shape index (κ3) is 6.23. The minimum atomic E-state index is 0.674. The van der Waals surface area contributed by atoms with Crippen molar-refractivity contribution in [1.29, 1.82) is 0 Å². The Hall–Kier alpha value is -0.930. The topological polar surface area (TPSA) is 3.24 Å². The smallest absolute Gasteiger partial charge is 0.0461 e. The zero-order valence-electron chi connectivity index (χ0n) is 13.6. The van der Waals surface area contributed by atoms with Crippen molar-refractivity contribution >= 4 is 41.0 Å². The van der Waals surface area contributed by atoms with Crippen LogP contribution in [0.5, 0.6) is 0 Å². The van der Waals surface area contributed by atoms with Gasteiger partial charge in [0.1, 0.15) is 0 Å². The number of rotatable bonds is 6. The quantitative estimate of drug-likeness (QED) is 0.556. The van der Waals surface area contributed by atoms with Gasteiger partial charge in [-0.15, -0.1) is 11.8 Å². The van der Waals surface area contributed by atoms with Crippen molar-refractivity contribution < 1.29 is 0 Å². The van der Waals surface area contributed by atoms with Gasteiger partial charge < -0.3 is 4.90 Å². The summed E-state index contributed by atoms with van der Waals surface area (Å²) in [6.07, 6.45) is 2.23. The highest BCUT2D eigenvalue weighted by Crippen LogP contribution is 2.28. The third-order valence-electron chi connectivity index (χ3n) is 3.27. The molecule has 2 rings (SSSR count). The second-order valence-corrected chi connectivity index (χ2v) is 7.71. The van der Waals surface area contributed by atoms with E-state index in [9.17, 15) is 0 Å². The van der Waals surface area contributed by atoms with Gasteiger partial charge in [-0.2, -0.15) is 0 Å². The van der Waals surface area contributed by atoms with Crippen LogP contribution in [0.25, 0.3) is 6.08 Å². The molecule has 0 amide bonds. The summed E-state index contributed by atoms with van der Waals surface area (Å²) in [5, 5.41) is 1.40. The highest BCUT2D eigenvalue weighted by atomic mass is 35.5. The van der Waals surface area contributed by atoms with Gasteiger partial charge in [0.2, 0.25) is 0 Å². The first-order valence-corrected chi connectivity index (χ1v) is 9.17. The second-order valence-electron chi connectivity index (χ2n) is 5.82. The van der Waals surface area contributed by atoms with Crippen LogP contribution in [0.4, 0.5) is 0 Å². The highest BCUT2D eigenvalue weighted by molar-refractivity contribution is 7.98. The Morgan fingerprint density at radius 2 is 1.78 bits per heavy atom. The monoisotopic (exact) mass is 365 g/mol. The molecule has 1 nitrogen and oxygen atoms in total. The first-order valence-electron chi connectivity index (χ1n) is 7.43. The van der Waals surface area contributed by atoms with Crippen molar-refractivity contribution in [2.75, 3.05) is 20.6 Å². The molecule has 0 N–H and O–H groups in total. The molecule has 0 aliphatic carbocycles. The number of likely N-dealkylation sites (N-methyl/N-ethyl adjacent to an activating group) is 1. The van der Waals surface area contributed by atoms with E-state index in [4.69, 9.17) is 23.2 Å². The van der Waals surface area contributed by atoms with E-state index in [2.05, 4.69) is 56.3 Å². The van der Waals surface area contributed by atoms with E-state index in [1.54, 1.807) is 17.8 Å². The van der Waals surface area contributed by atoms with Crippen LogP contribution in [0.15, 0.2) is 52.9 Å². The zero-order chi connectivity index (χ0) is 16.8. The molecule has 0 unspecified atom stereocenters. The van der Waals surface area contributed by atoms with Crippen molar-refractivity contribution in [1.82, 2.24) is 4.90 Å². The first kappa shape index (κ1) is 18.4. The van der Waals surface area contributed by atoms with Crippen LogP contribution in [0.1, 0.15) is 18.1 Å². The molecule has 0 heterocycles. The van der Waals surface area contributed by atoms with Crippen LogP contribution < -0.4 is 0 Å². The van der Waals surface area contributed by atoms with Crippen LogP contribution in [0, 0.1) is 0 Å². The van der Waals surface area contributed by atoms with Crippen LogP contribution in [-0.4, -0.2) is 25.5 Å². The lowest BCUT2D eigenvalue weighted by molar-refractivity contribution is 0.446. The van der Waals surface area contributed by atoms with E-state index < -0.39 is 0 Å². The van der Waals surface area contributed by atoms with Gasteiger partial charge in [0, 0.05) is 27.2 Å². The lowest BCUT2D eigenvalue weighted by Gasteiger charge is -2.09. The molecule has 2 aromatic carbocycles. The van der Waals surface area contributed by atoms with Crippen LogP contribution in [0.3, 0.4) is 0 Å². The molecule has 0 saturated carbocycles. The summed E-state index contributed by atoms with van der Waals surface area (Å²) in [4.78, 5) is 3.41. The molecular formula is C19H21Cl2NS. The number of hydrogen-bond acceptors (Lipinski definition) is 2. The number of hydrogen-bond donors (Lipinski definition) is 0. The van der Waals surface area contributed by atoms with Gasteiger partial charge in [-0.1, -0.05) is 53.1 Å². The summed E-state index contributed by atoms with van der Waals surface area (Å²) in [5.41, 5.74) is 3.69. The van der Waals surface area contributed by atoms with Crippen molar-refractivity contribution in [2.45, 2.75) is 17.6 Å². The summed E-state index contributed by atoms with van der Waals surface area (Å²) < 4.78 is 0. The van der Waals surface area contributed by atoms with Gasteiger partial charge >= 0.3 is 0 Å². The first-order chi connectivity index (χ1) is 10.9. The van der Waals surface area contributed by atoms with Gasteiger partial charge in [-0.25, -0.2) is 0 Å². The molecule has 23 heavy (non-hydrogen) atoms. The van der Waals surface area contributed by atoms with Gasteiger partial charge in [0.25, 0.3) is 0 Å². The summed E-state index contributed by atoms with van der Waals surface area (Å²) in [5.74, 6) is 0.838. The fourth-order valence-electron chi connectivity index (χ4n) is 2.29. The summed E-state index contributed by atoms with van der Waals surface area (Å²) in [6, 6.07) is 14.3. The van der Waals surface area contributed by atoms with E-state index in [0.717, 1.165) is 22.9 Å². The molecule has 0 spiro atoms. The van der Waals surface area contributed by atoms with Crippen molar-refractivity contribution in [2.24, 2.45) is 0 Å². The average molecular weight is 366 g/mol. The van der Waals surface area contributed by atoms with Crippen molar-refractivity contribution in [3.05, 3.63) is 69.2 Å². The molecule has 0 radical (unpaired) electrons. The minimum Gasteiger partial charge on any atom is -0.305 e. The maximum Gasteiger partial charge on any atom is 0.0461 e. The minimum absolute atomic E-state index is 0.674. The fraction of sp³-hybridized carbons (Fsp3) is 0.263. The van der Waals surface area contributed by atoms with E-state index >= 15 is 0 Å². The van der Waals surface area contributed by atoms with Gasteiger partial charge in [-0.3, -0.25) is 0 Å². The Morgan fingerprint density at radius 3 is 2.39 bits per heavy atom.